The van der Waals surface area contributed by atoms with Crippen LogP contribution < -0.4 is 4.74 Å². The summed E-state index contributed by atoms with van der Waals surface area (Å²) in [5.41, 5.74) is 0.995. The maximum atomic E-state index is 11.9. The second-order valence-electron chi connectivity index (χ2n) is 5.76. The number of aryl methyl sites for hydroxylation is 1. The fraction of sp³-hybridized carbons (Fsp3) is 0.158. The zero-order chi connectivity index (χ0) is 17.3. The number of carboxylic acids is 2. The summed E-state index contributed by atoms with van der Waals surface area (Å²) in [6.45, 7) is 1.97. The minimum absolute atomic E-state index is 0.0425. The van der Waals surface area contributed by atoms with Crippen LogP contribution in [0.4, 0.5) is 0 Å². The molecule has 0 bridgehead atoms. The molecule has 0 amide bonds. The van der Waals surface area contributed by atoms with E-state index in [2.05, 4.69) is 0 Å². The van der Waals surface area contributed by atoms with Crippen molar-refractivity contribution >= 4 is 11.9 Å². The van der Waals surface area contributed by atoms with Crippen molar-refractivity contribution in [1.82, 2.24) is 0 Å². The highest BCUT2D eigenvalue weighted by Crippen LogP contribution is 2.48. The van der Waals surface area contributed by atoms with E-state index in [1.165, 1.54) is 0 Å². The second-order valence-corrected chi connectivity index (χ2v) is 5.76. The van der Waals surface area contributed by atoms with E-state index in [1.54, 1.807) is 24.3 Å². The standard InChI is InChI=1S/C19H16O5/c1-12-6-8-13(9-7-12)19(15(18(22)23)10-17(20)21)11-24-16-5-3-2-4-14(16)19/h2-10H,11H2,1H3,(H,20,21)(H,22,23)/b15-10-. The van der Waals surface area contributed by atoms with Gasteiger partial charge in [-0.3, -0.25) is 0 Å². The zero-order valence-electron chi connectivity index (χ0n) is 13.0. The van der Waals surface area contributed by atoms with Crippen LogP contribution in [-0.2, 0) is 15.0 Å². The predicted octanol–water partition coefficient (Wildman–Crippen LogP) is 2.77. The lowest BCUT2D eigenvalue weighted by molar-refractivity contribution is -0.135. The number of rotatable bonds is 4. The Bertz CT molecular complexity index is 835. The van der Waals surface area contributed by atoms with Crippen LogP contribution in [0.15, 0.2) is 60.2 Å². The number of hydrogen-bond donors (Lipinski definition) is 2. The van der Waals surface area contributed by atoms with Crippen LogP contribution in [0.3, 0.4) is 0 Å². The molecule has 2 N–H and O–H groups in total. The van der Waals surface area contributed by atoms with Gasteiger partial charge in [-0.2, -0.15) is 0 Å². The quantitative estimate of drug-likeness (QED) is 0.845. The van der Waals surface area contributed by atoms with Gasteiger partial charge in [0.15, 0.2) is 0 Å². The predicted molar refractivity (Wildman–Crippen MR) is 87.3 cm³/mol. The van der Waals surface area contributed by atoms with Crippen molar-refractivity contribution < 1.29 is 24.5 Å². The van der Waals surface area contributed by atoms with Crippen LogP contribution >= 0.6 is 0 Å². The Balaban J connectivity index is 2.33. The molecule has 0 saturated carbocycles. The molecule has 3 rings (SSSR count). The molecule has 1 aliphatic heterocycles. The van der Waals surface area contributed by atoms with Crippen LogP contribution in [0.2, 0.25) is 0 Å². The summed E-state index contributed by atoms with van der Waals surface area (Å²) < 4.78 is 5.71. The molecule has 122 valence electrons. The third kappa shape index (κ3) is 2.44. The molecule has 5 nitrogen and oxygen atoms in total. The van der Waals surface area contributed by atoms with E-state index < -0.39 is 17.4 Å². The van der Waals surface area contributed by atoms with Crippen LogP contribution in [0.5, 0.6) is 5.75 Å². The summed E-state index contributed by atoms with van der Waals surface area (Å²) in [6, 6.07) is 14.5. The first-order chi connectivity index (χ1) is 11.4. The molecule has 0 radical (unpaired) electrons. The number of para-hydroxylation sites is 1. The first-order valence-corrected chi connectivity index (χ1v) is 7.43. The molecule has 0 aromatic heterocycles. The van der Waals surface area contributed by atoms with Gasteiger partial charge in [0.25, 0.3) is 0 Å². The lowest BCUT2D eigenvalue weighted by atomic mass is 9.70. The van der Waals surface area contributed by atoms with Crippen molar-refractivity contribution in [3.8, 4) is 5.75 Å². The Hall–Kier alpha value is -3.08. The van der Waals surface area contributed by atoms with Crippen LogP contribution in [0, 0.1) is 6.92 Å². The fourth-order valence-electron chi connectivity index (χ4n) is 3.16. The molecule has 2 aromatic carbocycles. The Morgan fingerprint density at radius 2 is 1.75 bits per heavy atom. The Morgan fingerprint density at radius 3 is 2.38 bits per heavy atom. The van der Waals surface area contributed by atoms with Crippen molar-refractivity contribution in [2.45, 2.75) is 12.3 Å². The highest BCUT2D eigenvalue weighted by molar-refractivity contribution is 5.98. The largest absolute Gasteiger partial charge is 0.492 e. The SMILES string of the molecule is Cc1ccc(C2(/C(=C\C(=O)O)C(=O)O)COc3ccccc32)cc1. The summed E-state index contributed by atoms with van der Waals surface area (Å²) in [6.07, 6.45) is 0.758. The molecule has 1 heterocycles. The van der Waals surface area contributed by atoms with Crippen molar-refractivity contribution in [2.24, 2.45) is 0 Å². The van der Waals surface area contributed by atoms with Crippen molar-refractivity contribution in [2.75, 3.05) is 6.61 Å². The minimum atomic E-state index is -1.30. The highest BCUT2D eigenvalue weighted by Gasteiger charge is 2.48. The van der Waals surface area contributed by atoms with Gasteiger partial charge in [-0.05, 0) is 18.6 Å². The number of benzene rings is 2. The maximum Gasteiger partial charge on any atom is 0.333 e. The maximum absolute atomic E-state index is 11.9. The second kappa shape index (κ2) is 5.85. The normalized spacial score (nSPS) is 19.5. The monoisotopic (exact) mass is 324 g/mol. The molecule has 2 aromatic rings. The van der Waals surface area contributed by atoms with Gasteiger partial charge in [0.1, 0.15) is 12.4 Å². The average molecular weight is 324 g/mol. The molecular weight excluding hydrogens is 308 g/mol. The van der Waals surface area contributed by atoms with Gasteiger partial charge in [-0.15, -0.1) is 0 Å². The first kappa shape index (κ1) is 15.8. The molecular formula is C19H16O5. The van der Waals surface area contributed by atoms with Crippen LogP contribution in [0.1, 0.15) is 16.7 Å². The average Bonchev–Trinajstić information content (AvgIpc) is 2.93. The van der Waals surface area contributed by atoms with Gasteiger partial charge in [-0.1, -0.05) is 48.0 Å². The molecule has 0 saturated heterocycles. The zero-order valence-corrected chi connectivity index (χ0v) is 13.0. The molecule has 0 aliphatic carbocycles. The van der Waals surface area contributed by atoms with Crippen molar-refractivity contribution in [3.05, 3.63) is 76.9 Å². The molecule has 24 heavy (non-hydrogen) atoms. The summed E-state index contributed by atoms with van der Waals surface area (Å²) in [5, 5.41) is 18.9. The Labute approximate surface area is 138 Å². The number of fused-ring (bicyclic) bond motifs is 1. The van der Waals surface area contributed by atoms with Crippen LogP contribution in [-0.4, -0.2) is 28.8 Å². The molecule has 5 heteroatoms. The summed E-state index contributed by atoms with van der Waals surface area (Å²) >= 11 is 0. The van der Waals surface area contributed by atoms with E-state index in [4.69, 9.17) is 9.84 Å². The third-order valence-corrected chi connectivity index (χ3v) is 4.29. The van der Waals surface area contributed by atoms with Gasteiger partial charge < -0.3 is 14.9 Å². The Morgan fingerprint density at radius 1 is 1.08 bits per heavy atom. The highest BCUT2D eigenvalue weighted by atomic mass is 16.5. The van der Waals surface area contributed by atoms with Gasteiger partial charge in [0.2, 0.25) is 0 Å². The number of aliphatic carboxylic acids is 2. The molecule has 0 fully saturated rings. The number of carbonyl (C=O) groups is 2. The third-order valence-electron chi connectivity index (χ3n) is 4.29. The number of hydrogen-bond acceptors (Lipinski definition) is 3. The number of carboxylic acid groups (broad SMARTS) is 2. The van der Waals surface area contributed by atoms with Gasteiger partial charge in [0.05, 0.1) is 11.0 Å². The van der Waals surface area contributed by atoms with E-state index in [0.717, 1.165) is 11.6 Å². The molecule has 1 aliphatic rings. The lowest BCUT2D eigenvalue weighted by Crippen LogP contribution is -2.36. The van der Waals surface area contributed by atoms with E-state index in [1.807, 2.05) is 31.2 Å². The van der Waals surface area contributed by atoms with Gasteiger partial charge in [0, 0.05) is 11.6 Å². The summed E-state index contributed by atoms with van der Waals surface area (Å²) in [5.74, 6) is -2.02. The van der Waals surface area contributed by atoms with Crippen molar-refractivity contribution in [3.63, 3.8) is 0 Å². The van der Waals surface area contributed by atoms with E-state index in [9.17, 15) is 14.7 Å². The lowest BCUT2D eigenvalue weighted by Gasteiger charge is -2.29. The Kier molecular flexibility index (Phi) is 3.85. The molecule has 0 spiro atoms. The number of ether oxygens (including phenoxy) is 1. The van der Waals surface area contributed by atoms with Gasteiger partial charge >= 0.3 is 11.9 Å². The minimum Gasteiger partial charge on any atom is -0.492 e. The first-order valence-electron chi connectivity index (χ1n) is 7.43. The summed E-state index contributed by atoms with van der Waals surface area (Å²) in [7, 11) is 0. The fourth-order valence-corrected chi connectivity index (χ4v) is 3.16. The smallest absolute Gasteiger partial charge is 0.333 e. The van der Waals surface area contributed by atoms with Crippen molar-refractivity contribution in [1.29, 1.82) is 0 Å². The topological polar surface area (TPSA) is 83.8 Å². The van der Waals surface area contributed by atoms with E-state index in [0.29, 0.717) is 16.9 Å². The van der Waals surface area contributed by atoms with Gasteiger partial charge in [-0.25, -0.2) is 9.59 Å². The molecule has 1 unspecified atom stereocenters. The summed E-state index contributed by atoms with van der Waals surface area (Å²) in [4.78, 5) is 23.1. The van der Waals surface area contributed by atoms with E-state index >= 15 is 0 Å². The molecule has 1 atom stereocenters. The van der Waals surface area contributed by atoms with E-state index in [-0.39, 0.29) is 12.2 Å². The van der Waals surface area contributed by atoms with Crippen LogP contribution in [0.25, 0.3) is 0 Å².